The summed E-state index contributed by atoms with van der Waals surface area (Å²) in [6.07, 6.45) is 0.106. The van der Waals surface area contributed by atoms with Gasteiger partial charge < -0.3 is 10.1 Å². The van der Waals surface area contributed by atoms with Crippen LogP contribution in [0, 0.1) is 0 Å². The van der Waals surface area contributed by atoms with Crippen LogP contribution in [0.25, 0.3) is 0 Å². The highest BCUT2D eigenvalue weighted by Gasteiger charge is 2.27. The van der Waals surface area contributed by atoms with Crippen molar-refractivity contribution >= 4 is 56.4 Å². The molecule has 0 saturated carbocycles. The van der Waals surface area contributed by atoms with Crippen molar-refractivity contribution in [1.82, 2.24) is 4.72 Å². The van der Waals surface area contributed by atoms with Crippen LogP contribution >= 0.6 is 34.8 Å². The maximum atomic E-state index is 13.1. The van der Waals surface area contributed by atoms with Gasteiger partial charge in [-0.25, -0.2) is 8.42 Å². The maximum Gasteiger partial charge on any atom is 0.242 e. The zero-order chi connectivity index (χ0) is 24.0. The number of anilines is 1. The lowest BCUT2D eigenvalue weighted by Crippen LogP contribution is -2.45. The summed E-state index contributed by atoms with van der Waals surface area (Å²) in [5.74, 6) is -0.226. The van der Waals surface area contributed by atoms with Crippen molar-refractivity contribution in [3.05, 3.63) is 87.4 Å². The number of nitrogens with one attached hydrogen (secondary N) is 2. The van der Waals surface area contributed by atoms with E-state index in [2.05, 4.69) is 10.0 Å². The Hall–Kier alpha value is -2.29. The lowest BCUT2D eigenvalue weighted by molar-refractivity contribution is -0.117. The van der Waals surface area contributed by atoms with Crippen molar-refractivity contribution in [3.63, 3.8) is 0 Å². The Bertz CT molecular complexity index is 1240. The van der Waals surface area contributed by atoms with E-state index in [4.69, 9.17) is 39.5 Å². The van der Waals surface area contributed by atoms with Gasteiger partial charge in [0.2, 0.25) is 15.9 Å². The Morgan fingerprint density at radius 3 is 2.36 bits per heavy atom. The molecule has 0 aliphatic carbocycles. The first-order valence-corrected chi connectivity index (χ1v) is 12.6. The van der Waals surface area contributed by atoms with Gasteiger partial charge in [-0.3, -0.25) is 4.79 Å². The monoisotopic (exact) mass is 526 g/mol. The van der Waals surface area contributed by atoms with Gasteiger partial charge in [0.05, 0.1) is 32.3 Å². The number of hydrogen-bond donors (Lipinski definition) is 2. The molecule has 0 saturated heterocycles. The van der Waals surface area contributed by atoms with Gasteiger partial charge in [-0.1, -0.05) is 71.2 Å². The average Bonchev–Trinajstić information content (AvgIpc) is 2.78. The zero-order valence-corrected chi connectivity index (χ0v) is 20.6. The van der Waals surface area contributed by atoms with E-state index in [0.717, 1.165) is 5.56 Å². The van der Waals surface area contributed by atoms with E-state index in [0.29, 0.717) is 12.4 Å². The van der Waals surface area contributed by atoms with Gasteiger partial charge in [0.25, 0.3) is 0 Å². The van der Waals surface area contributed by atoms with Crippen LogP contribution in [0.3, 0.4) is 0 Å². The number of rotatable bonds is 9. The van der Waals surface area contributed by atoms with Gasteiger partial charge in [0.1, 0.15) is 11.8 Å². The number of carbonyl (C=O) groups excluding carboxylic acids is 1. The van der Waals surface area contributed by atoms with Gasteiger partial charge in [0, 0.05) is 0 Å². The first kappa shape index (κ1) is 25.3. The molecule has 0 radical (unpaired) electrons. The first-order valence-electron chi connectivity index (χ1n) is 9.94. The number of amides is 1. The normalized spacial score (nSPS) is 12.2. The van der Waals surface area contributed by atoms with Crippen LogP contribution in [0.2, 0.25) is 15.1 Å². The smallest absolute Gasteiger partial charge is 0.242 e. The Kier molecular flexibility index (Phi) is 8.62. The minimum absolute atomic E-state index is 0.0948. The summed E-state index contributed by atoms with van der Waals surface area (Å²) < 4.78 is 34.0. The number of benzene rings is 3. The molecule has 0 aliphatic heterocycles. The summed E-state index contributed by atoms with van der Waals surface area (Å²) in [5.41, 5.74) is 1.04. The van der Waals surface area contributed by atoms with Crippen LogP contribution in [-0.4, -0.2) is 27.0 Å². The van der Waals surface area contributed by atoms with Crippen molar-refractivity contribution in [2.45, 2.75) is 24.3 Å². The standard InChI is InChI=1S/C23H21Cl3N2O4S/c1-2-32-21-12-11-16(14-18(21)25)33(30,31)28-20(13-15-7-4-3-5-8-15)23(29)27-19-10-6-9-17(24)22(19)26/h3-12,14,20,28H,2,13H2,1H3,(H,27,29)/t20-/m0/s1. The number of halogens is 3. The van der Waals surface area contributed by atoms with E-state index in [1.54, 1.807) is 49.4 Å². The Morgan fingerprint density at radius 1 is 0.970 bits per heavy atom. The van der Waals surface area contributed by atoms with Crippen LogP contribution in [0.4, 0.5) is 5.69 Å². The number of ether oxygens (including phenoxy) is 1. The molecule has 0 fully saturated rings. The molecule has 1 atom stereocenters. The SMILES string of the molecule is CCOc1ccc(S(=O)(=O)N[C@@H](Cc2ccccc2)C(=O)Nc2cccc(Cl)c2Cl)cc1Cl. The minimum atomic E-state index is -4.10. The van der Waals surface area contributed by atoms with E-state index < -0.39 is 22.0 Å². The fourth-order valence-electron chi connectivity index (χ4n) is 3.03. The largest absolute Gasteiger partial charge is 0.492 e. The molecule has 3 rings (SSSR count). The molecule has 174 valence electrons. The average molecular weight is 528 g/mol. The molecule has 0 unspecified atom stereocenters. The minimum Gasteiger partial charge on any atom is -0.492 e. The number of hydrogen-bond acceptors (Lipinski definition) is 4. The summed E-state index contributed by atoms with van der Waals surface area (Å²) in [6, 6.07) is 16.8. The van der Waals surface area contributed by atoms with Crippen LogP contribution in [0.15, 0.2) is 71.6 Å². The molecule has 0 aromatic heterocycles. The second-order valence-corrected chi connectivity index (χ2v) is 9.89. The second-order valence-electron chi connectivity index (χ2n) is 6.98. The molecule has 0 heterocycles. The number of sulfonamides is 1. The van der Waals surface area contributed by atoms with E-state index in [1.807, 2.05) is 6.07 Å². The van der Waals surface area contributed by atoms with Gasteiger partial charge in [-0.2, -0.15) is 4.72 Å². The summed E-state index contributed by atoms with van der Waals surface area (Å²) in [6.45, 7) is 2.18. The topological polar surface area (TPSA) is 84.5 Å². The molecule has 3 aromatic rings. The molecule has 0 spiro atoms. The quantitative estimate of drug-likeness (QED) is 0.381. The summed E-state index contributed by atoms with van der Waals surface area (Å²) in [5, 5.41) is 3.22. The Labute approximate surface area is 207 Å². The van der Waals surface area contributed by atoms with Crippen LogP contribution in [0.1, 0.15) is 12.5 Å². The Balaban J connectivity index is 1.89. The zero-order valence-electron chi connectivity index (χ0n) is 17.5. The van der Waals surface area contributed by atoms with Crippen LogP contribution < -0.4 is 14.8 Å². The van der Waals surface area contributed by atoms with Gasteiger partial charge in [-0.05, 0) is 49.2 Å². The second kappa shape index (κ2) is 11.2. The third kappa shape index (κ3) is 6.62. The molecular weight excluding hydrogens is 507 g/mol. The molecule has 33 heavy (non-hydrogen) atoms. The third-order valence-electron chi connectivity index (χ3n) is 4.62. The van der Waals surface area contributed by atoms with Crippen molar-refractivity contribution < 1.29 is 17.9 Å². The lowest BCUT2D eigenvalue weighted by Gasteiger charge is -2.20. The third-order valence-corrected chi connectivity index (χ3v) is 7.20. The van der Waals surface area contributed by atoms with E-state index in [9.17, 15) is 13.2 Å². The summed E-state index contributed by atoms with van der Waals surface area (Å²) in [4.78, 5) is 13.0. The highest BCUT2D eigenvalue weighted by molar-refractivity contribution is 7.89. The van der Waals surface area contributed by atoms with Gasteiger partial charge in [0.15, 0.2) is 0 Å². The van der Waals surface area contributed by atoms with Crippen LogP contribution in [0.5, 0.6) is 5.75 Å². The molecule has 2 N–H and O–H groups in total. The lowest BCUT2D eigenvalue weighted by atomic mass is 10.1. The predicted octanol–water partition coefficient (Wildman–Crippen LogP) is 5.57. The highest BCUT2D eigenvalue weighted by atomic mass is 35.5. The van der Waals surface area contributed by atoms with Crippen molar-refractivity contribution in [2.24, 2.45) is 0 Å². The van der Waals surface area contributed by atoms with Crippen molar-refractivity contribution in [2.75, 3.05) is 11.9 Å². The predicted molar refractivity (Wildman–Crippen MR) is 132 cm³/mol. The van der Waals surface area contributed by atoms with E-state index in [1.165, 1.54) is 18.2 Å². The van der Waals surface area contributed by atoms with E-state index in [-0.39, 0.29) is 32.1 Å². The molecule has 0 bridgehead atoms. The van der Waals surface area contributed by atoms with Crippen molar-refractivity contribution in [1.29, 1.82) is 0 Å². The summed E-state index contributed by atoms with van der Waals surface area (Å²) in [7, 11) is -4.10. The highest BCUT2D eigenvalue weighted by Crippen LogP contribution is 2.30. The number of carbonyl (C=O) groups is 1. The first-order chi connectivity index (χ1) is 15.7. The van der Waals surface area contributed by atoms with Crippen molar-refractivity contribution in [3.8, 4) is 5.75 Å². The molecule has 3 aromatic carbocycles. The Morgan fingerprint density at radius 2 is 1.70 bits per heavy atom. The van der Waals surface area contributed by atoms with Gasteiger partial charge >= 0.3 is 0 Å². The fraction of sp³-hybridized carbons (Fsp3) is 0.174. The summed E-state index contributed by atoms with van der Waals surface area (Å²) >= 11 is 18.4. The van der Waals surface area contributed by atoms with E-state index >= 15 is 0 Å². The molecule has 1 amide bonds. The molecular formula is C23H21Cl3N2O4S. The molecule has 10 heteroatoms. The van der Waals surface area contributed by atoms with Crippen LogP contribution in [-0.2, 0) is 21.2 Å². The fourth-order valence-corrected chi connectivity index (χ4v) is 4.90. The maximum absolute atomic E-state index is 13.1. The van der Waals surface area contributed by atoms with Gasteiger partial charge in [-0.15, -0.1) is 0 Å². The molecule has 0 aliphatic rings. The molecule has 6 nitrogen and oxygen atoms in total.